The summed E-state index contributed by atoms with van der Waals surface area (Å²) in [4.78, 5) is 16.7. The lowest BCUT2D eigenvalue weighted by Crippen LogP contribution is -2.36. The van der Waals surface area contributed by atoms with Crippen molar-refractivity contribution in [1.82, 2.24) is 9.55 Å². The first-order chi connectivity index (χ1) is 10.4. The van der Waals surface area contributed by atoms with Crippen LogP contribution in [-0.4, -0.2) is 22.0 Å². The third-order valence-electron chi connectivity index (χ3n) is 3.47. The summed E-state index contributed by atoms with van der Waals surface area (Å²) >= 11 is 5.84. The van der Waals surface area contributed by atoms with Crippen molar-refractivity contribution in [2.75, 3.05) is 6.67 Å². The molecule has 1 atom stereocenters. The SMILES string of the molecule is CC(C)(CCF)C(=O)C(Oc1ccc(Cl)cc1)n1ccnc1. The number of rotatable bonds is 7. The van der Waals surface area contributed by atoms with E-state index < -0.39 is 18.3 Å². The molecular formula is C16H18ClFN2O2. The fraction of sp³-hybridized carbons (Fsp3) is 0.375. The van der Waals surface area contributed by atoms with E-state index in [1.807, 2.05) is 0 Å². The number of imidazole rings is 1. The molecule has 0 N–H and O–H groups in total. The average molecular weight is 325 g/mol. The second-order valence-electron chi connectivity index (χ2n) is 5.62. The molecule has 6 heteroatoms. The summed E-state index contributed by atoms with van der Waals surface area (Å²) in [5.74, 6) is 0.297. The molecule has 2 aromatic rings. The summed E-state index contributed by atoms with van der Waals surface area (Å²) in [6.45, 7) is 2.87. The van der Waals surface area contributed by atoms with Crippen LogP contribution in [0.3, 0.4) is 0 Å². The lowest BCUT2D eigenvalue weighted by atomic mass is 9.84. The van der Waals surface area contributed by atoms with Crippen molar-refractivity contribution in [2.45, 2.75) is 26.5 Å². The summed E-state index contributed by atoms with van der Waals surface area (Å²) in [6, 6.07) is 6.72. The van der Waals surface area contributed by atoms with E-state index in [1.165, 1.54) is 6.33 Å². The van der Waals surface area contributed by atoms with Gasteiger partial charge in [-0.05, 0) is 30.7 Å². The molecule has 22 heavy (non-hydrogen) atoms. The third kappa shape index (κ3) is 3.85. The molecule has 0 saturated heterocycles. The number of benzene rings is 1. The lowest BCUT2D eigenvalue weighted by molar-refractivity contribution is -0.139. The molecule has 0 radical (unpaired) electrons. The van der Waals surface area contributed by atoms with Gasteiger partial charge in [-0.1, -0.05) is 25.4 Å². The van der Waals surface area contributed by atoms with Crippen molar-refractivity contribution in [3.8, 4) is 5.75 Å². The van der Waals surface area contributed by atoms with Crippen LogP contribution in [0.2, 0.25) is 5.02 Å². The zero-order valence-corrected chi connectivity index (χ0v) is 13.3. The molecular weight excluding hydrogens is 307 g/mol. The normalized spacial score (nSPS) is 12.9. The van der Waals surface area contributed by atoms with Crippen molar-refractivity contribution < 1.29 is 13.9 Å². The second kappa shape index (κ2) is 6.92. The fourth-order valence-electron chi connectivity index (χ4n) is 1.99. The highest BCUT2D eigenvalue weighted by molar-refractivity contribution is 6.30. The standard InChI is InChI=1S/C16H18ClFN2O2/c1-16(2,7-8-18)14(21)15(20-10-9-19-11-20)22-13-5-3-12(17)4-6-13/h3-6,9-11,15H,7-8H2,1-2H3. The highest BCUT2D eigenvalue weighted by atomic mass is 35.5. The molecule has 0 aliphatic rings. The van der Waals surface area contributed by atoms with Crippen molar-refractivity contribution in [2.24, 2.45) is 5.41 Å². The van der Waals surface area contributed by atoms with Gasteiger partial charge in [-0.25, -0.2) is 4.98 Å². The van der Waals surface area contributed by atoms with Crippen LogP contribution in [0.1, 0.15) is 26.5 Å². The number of nitrogens with zero attached hydrogens (tertiary/aromatic N) is 2. The fourth-order valence-corrected chi connectivity index (χ4v) is 2.12. The van der Waals surface area contributed by atoms with Crippen molar-refractivity contribution >= 4 is 17.4 Å². The van der Waals surface area contributed by atoms with E-state index in [1.54, 1.807) is 55.1 Å². The Kier molecular flexibility index (Phi) is 5.19. The Balaban J connectivity index is 2.27. The van der Waals surface area contributed by atoms with E-state index in [4.69, 9.17) is 16.3 Å². The summed E-state index contributed by atoms with van der Waals surface area (Å²) in [6.07, 6.45) is 3.95. The molecule has 0 bridgehead atoms. The van der Waals surface area contributed by atoms with Crippen molar-refractivity contribution in [3.63, 3.8) is 0 Å². The first-order valence-electron chi connectivity index (χ1n) is 6.94. The molecule has 1 aromatic heterocycles. The number of carbonyl (C=O) groups is 1. The molecule has 2 rings (SSSR count). The Morgan fingerprint density at radius 2 is 2.09 bits per heavy atom. The topological polar surface area (TPSA) is 44.1 Å². The van der Waals surface area contributed by atoms with E-state index in [2.05, 4.69) is 4.98 Å². The zero-order valence-electron chi connectivity index (χ0n) is 12.5. The van der Waals surface area contributed by atoms with Gasteiger partial charge >= 0.3 is 0 Å². The predicted molar refractivity (Wildman–Crippen MR) is 82.7 cm³/mol. The Bertz CT molecular complexity index is 612. The molecule has 1 unspecified atom stereocenters. The Morgan fingerprint density at radius 1 is 1.41 bits per heavy atom. The first-order valence-corrected chi connectivity index (χ1v) is 7.32. The number of Topliss-reactive ketones (excluding diaryl/α,β-unsaturated/α-hetero) is 1. The monoisotopic (exact) mass is 324 g/mol. The van der Waals surface area contributed by atoms with Gasteiger partial charge in [-0.2, -0.15) is 0 Å². The summed E-state index contributed by atoms with van der Waals surface area (Å²) < 4.78 is 20.1. The van der Waals surface area contributed by atoms with Crippen LogP contribution in [-0.2, 0) is 4.79 Å². The van der Waals surface area contributed by atoms with Gasteiger partial charge in [0.1, 0.15) is 5.75 Å². The number of halogens is 2. The van der Waals surface area contributed by atoms with Crippen LogP contribution in [0.25, 0.3) is 0 Å². The van der Waals surface area contributed by atoms with Crippen LogP contribution in [0.15, 0.2) is 43.0 Å². The van der Waals surface area contributed by atoms with Crippen molar-refractivity contribution in [3.05, 3.63) is 48.0 Å². The summed E-state index contributed by atoms with van der Waals surface area (Å²) in [5, 5.41) is 0.579. The van der Waals surface area contributed by atoms with Crippen LogP contribution < -0.4 is 4.74 Å². The predicted octanol–water partition coefficient (Wildman–Crippen LogP) is 4.07. The number of ether oxygens (including phenoxy) is 1. The number of carbonyl (C=O) groups excluding carboxylic acids is 1. The van der Waals surface area contributed by atoms with Gasteiger partial charge in [0.15, 0.2) is 5.78 Å². The maximum atomic E-state index is 12.8. The molecule has 4 nitrogen and oxygen atoms in total. The van der Waals surface area contributed by atoms with Gasteiger partial charge in [0, 0.05) is 22.8 Å². The highest BCUT2D eigenvalue weighted by Gasteiger charge is 2.36. The number of ketones is 1. The van der Waals surface area contributed by atoms with Crippen molar-refractivity contribution in [1.29, 1.82) is 0 Å². The van der Waals surface area contributed by atoms with Crippen LogP contribution in [0, 0.1) is 5.41 Å². The molecule has 0 spiro atoms. The number of hydrogen-bond donors (Lipinski definition) is 0. The Hall–Kier alpha value is -1.88. The lowest BCUT2D eigenvalue weighted by Gasteiger charge is -2.28. The molecule has 0 fully saturated rings. The second-order valence-corrected chi connectivity index (χ2v) is 6.06. The van der Waals surface area contributed by atoms with Gasteiger partial charge in [0.05, 0.1) is 13.0 Å². The molecule has 0 aliphatic carbocycles. The molecule has 0 saturated carbocycles. The van der Waals surface area contributed by atoms with Crippen LogP contribution in [0.5, 0.6) is 5.75 Å². The summed E-state index contributed by atoms with van der Waals surface area (Å²) in [7, 11) is 0. The van der Waals surface area contributed by atoms with Crippen LogP contribution >= 0.6 is 11.6 Å². The summed E-state index contributed by atoms with van der Waals surface area (Å²) in [5.41, 5.74) is -0.837. The van der Waals surface area contributed by atoms with Gasteiger partial charge in [-0.15, -0.1) is 0 Å². The van der Waals surface area contributed by atoms with Gasteiger partial charge in [0.2, 0.25) is 6.23 Å². The zero-order chi connectivity index (χ0) is 16.2. The third-order valence-corrected chi connectivity index (χ3v) is 3.72. The average Bonchev–Trinajstić information content (AvgIpc) is 3.00. The Morgan fingerprint density at radius 3 is 2.64 bits per heavy atom. The molecule has 118 valence electrons. The molecule has 0 amide bonds. The van der Waals surface area contributed by atoms with Gasteiger partial charge in [-0.3, -0.25) is 13.8 Å². The molecule has 1 heterocycles. The maximum absolute atomic E-state index is 12.8. The van der Waals surface area contributed by atoms with E-state index in [-0.39, 0.29) is 12.2 Å². The Labute approximate surface area is 133 Å². The van der Waals surface area contributed by atoms with Gasteiger partial charge in [0.25, 0.3) is 0 Å². The van der Waals surface area contributed by atoms with E-state index >= 15 is 0 Å². The number of hydrogen-bond acceptors (Lipinski definition) is 3. The van der Waals surface area contributed by atoms with E-state index in [9.17, 15) is 9.18 Å². The first kappa shape index (κ1) is 16.5. The highest BCUT2D eigenvalue weighted by Crippen LogP contribution is 2.30. The minimum absolute atomic E-state index is 0.140. The minimum atomic E-state index is -0.898. The quantitative estimate of drug-likeness (QED) is 0.771. The number of aromatic nitrogens is 2. The van der Waals surface area contributed by atoms with Gasteiger partial charge < -0.3 is 4.74 Å². The largest absolute Gasteiger partial charge is 0.463 e. The van der Waals surface area contributed by atoms with E-state index in [0.717, 1.165) is 0 Å². The van der Waals surface area contributed by atoms with Crippen LogP contribution in [0.4, 0.5) is 4.39 Å². The molecule has 0 aliphatic heterocycles. The molecule has 1 aromatic carbocycles. The number of alkyl halides is 1. The van der Waals surface area contributed by atoms with E-state index in [0.29, 0.717) is 10.8 Å². The maximum Gasteiger partial charge on any atom is 0.236 e. The smallest absolute Gasteiger partial charge is 0.236 e. The minimum Gasteiger partial charge on any atom is -0.463 e.